The Balaban J connectivity index is 2.73. The Labute approximate surface area is 93.3 Å². The van der Waals surface area contributed by atoms with Gasteiger partial charge in [0.2, 0.25) is 0 Å². The molecule has 1 rings (SSSR count). The smallest absolute Gasteiger partial charge is 0.328 e. The van der Waals surface area contributed by atoms with E-state index in [1.54, 1.807) is 13.8 Å². The fourth-order valence-corrected chi connectivity index (χ4v) is 1.06. The lowest BCUT2D eigenvalue weighted by atomic mass is 10.3. The number of nitrogens with zero attached hydrogens (tertiary/aromatic N) is 3. The normalized spacial score (nSPS) is 11.3. The van der Waals surface area contributed by atoms with E-state index in [1.165, 1.54) is 12.4 Å². The third-order valence-corrected chi connectivity index (χ3v) is 1.80. The number of hydrogen-bond donors (Lipinski definition) is 1. The van der Waals surface area contributed by atoms with Crippen molar-refractivity contribution in [3.8, 4) is 6.07 Å². The molecule has 6 heteroatoms. The van der Waals surface area contributed by atoms with E-state index in [2.05, 4.69) is 15.3 Å². The summed E-state index contributed by atoms with van der Waals surface area (Å²) in [6.07, 6.45) is 2.86. The maximum atomic E-state index is 11.3. The molecule has 1 N–H and O–H groups in total. The lowest BCUT2D eigenvalue weighted by molar-refractivity contribution is -0.143. The van der Waals surface area contributed by atoms with Crippen molar-refractivity contribution in [3.63, 3.8) is 0 Å². The fraction of sp³-hybridized carbons (Fsp3) is 0.400. The summed E-state index contributed by atoms with van der Waals surface area (Å²) in [5.74, 6) is -0.109. The molecule has 0 saturated heterocycles. The first kappa shape index (κ1) is 11.9. The molecule has 16 heavy (non-hydrogen) atoms. The van der Waals surface area contributed by atoms with Gasteiger partial charge in [0.05, 0.1) is 6.61 Å². The molecule has 0 aromatic carbocycles. The van der Waals surface area contributed by atoms with Crippen LogP contribution in [0, 0.1) is 11.3 Å². The number of aromatic nitrogens is 2. The first-order chi connectivity index (χ1) is 7.69. The summed E-state index contributed by atoms with van der Waals surface area (Å²) < 4.78 is 4.82. The van der Waals surface area contributed by atoms with Crippen LogP contribution in [0.5, 0.6) is 0 Å². The molecule has 0 saturated carbocycles. The summed E-state index contributed by atoms with van der Waals surface area (Å²) in [7, 11) is 0. The van der Waals surface area contributed by atoms with E-state index in [9.17, 15) is 4.79 Å². The van der Waals surface area contributed by atoms with Gasteiger partial charge >= 0.3 is 5.97 Å². The van der Waals surface area contributed by atoms with Crippen LogP contribution in [-0.4, -0.2) is 28.6 Å². The van der Waals surface area contributed by atoms with Crippen molar-refractivity contribution in [2.24, 2.45) is 0 Å². The highest BCUT2D eigenvalue weighted by Gasteiger charge is 2.16. The molecular formula is C10H12N4O2. The first-order valence-corrected chi connectivity index (χ1v) is 4.83. The van der Waals surface area contributed by atoms with Gasteiger partial charge in [0.15, 0.2) is 11.5 Å². The van der Waals surface area contributed by atoms with Gasteiger partial charge in [-0.05, 0) is 13.8 Å². The summed E-state index contributed by atoms with van der Waals surface area (Å²) in [5.41, 5.74) is 0.152. The third kappa shape index (κ3) is 2.92. The Morgan fingerprint density at radius 3 is 2.94 bits per heavy atom. The minimum atomic E-state index is -0.566. The molecule has 0 spiro atoms. The number of nitrogens with one attached hydrogen (secondary N) is 1. The van der Waals surface area contributed by atoms with Crippen molar-refractivity contribution in [2.45, 2.75) is 19.9 Å². The third-order valence-electron chi connectivity index (χ3n) is 1.80. The molecule has 1 unspecified atom stereocenters. The number of rotatable bonds is 4. The maximum absolute atomic E-state index is 11.3. The quantitative estimate of drug-likeness (QED) is 0.752. The SMILES string of the molecule is CCOC(=O)C(C)Nc1nccnc1C#N. The first-order valence-electron chi connectivity index (χ1n) is 4.83. The minimum Gasteiger partial charge on any atom is -0.464 e. The van der Waals surface area contributed by atoms with Crippen LogP contribution in [0.3, 0.4) is 0 Å². The van der Waals surface area contributed by atoms with Crippen LogP contribution in [0.4, 0.5) is 5.82 Å². The molecule has 0 bridgehead atoms. The van der Waals surface area contributed by atoms with Crippen LogP contribution < -0.4 is 5.32 Å². The molecule has 0 aliphatic carbocycles. The van der Waals surface area contributed by atoms with Gasteiger partial charge in [0.1, 0.15) is 12.1 Å². The van der Waals surface area contributed by atoms with Crippen molar-refractivity contribution in [1.82, 2.24) is 9.97 Å². The molecule has 1 atom stereocenters. The molecule has 1 aromatic rings. The van der Waals surface area contributed by atoms with Crippen molar-refractivity contribution in [1.29, 1.82) is 5.26 Å². The van der Waals surface area contributed by atoms with Crippen LogP contribution in [-0.2, 0) is 9.53 Å². The number of esters is 1. The number of anilines is 1. The van der Waals surface area contributed by atoms with E-state index in [-0.39, 0.29) is 11.5 Å². The van der Waals surface area contributed by atoms with Gasteiger partial charge in [-0.15, -0.1) is 0 Å². The maximum Gasteiger partial charge on any atom is 0.328 e. The average Bonchev–Trinajstić information content (AvgIpc) is 2.30. The number of carbonyl (C=O) groups is 1. The fourth-order valence-electron chi connectivity index (χ4n) is 1.06. The Kier molecular flexibility index (Phi) is 4.21. The predicted octanol–water partition coefficient (Wildman–Crippen LogP) is 0.712. The van der Waals surface area contributed by atoms with Crippen molar-refractivity contribution < 1.29 is 9.53 Å². The highest BCUT2D eigenvalue weighted by Crippen LogP contribution is 2.08. The molecular weight excluding hydrogens is 208 g/mol. The Morgan fingerprint density at radius 1 is 1.62 bits per heavy atom. The summed E-state index contributed by atoms with van der Waals surface area (Å²) in [6, 6.07) is 1.32. The van der Waals surface area contributed by atoms with Gasteiger partial charge in [-0.2, -0.15) is 5.26 Å². The molecule has 84 valence electrons. The largest absolute Gasteiger partial charge is 0.464 e. The zero-order valence-electron chi connectivity index (χ0n) is 9.10. The standard InChI is InChI=1S/C10H12N4O2/c1-3-16-10(15)7(2)14-9-8(6-11)12-4-5-13-9/h4-5,7H,3H2,1-2H3,(H,13,14). The van der Waals surface area contributed by atoms with Crippen LogP contribution in [0.1, 0.15) is 19.5 Å². The molecule has 0 aliphatic rings. The van der Waals surface area contributed by atoms with E-state index in [0.29, 0.717) is 6.61 Å². The summed E-state index contributed by atoms with van der Waals surface area (Å²) in [4.78, 5) is 19.1. The van der Waals surface area contributed by atoms with Gasteiger partial charge in [0, 0.05) is 12.4 Å². The predicted molar refractivity (Wildman–Crippen MR) is 56.5 cm³/mol. The molecule has 1 aromatic heterocycles. The molecule has 0 radical (unpaired) electrons. The second kappa shape index (κ2) is 5.66. The van der Waals surface area contributed by atoms with Gasteiger partial charge in [-0.3, -0.25) is 0 Å². The van der Waals surface area contributed by atoms with E-state index >= 15 is 0 Å². The van der Waals surface area contributed by atoms with E-state index in [0.717, 1.165) is 0 Å². The molecule has 1 heterocycles. The highest BCUT2D eigenvalue weighted by atomic mass is 16.5. The van der Waals surface area contributed by atoms with Crippen LogP contribution >= 0.6 is 0 Å². The lowest BCUT2D eigenvalue weighted by Crippen LogP contribution is -2.29. The topological polar surface area (TPSA) is 87.9 Å². The van der Waals surface area contributed by atoms with Crippen molar-refractivity contribution in [2.75, 3.05) is 11.9 Å². The minimum absolute atomic E-state index is 0.152. The van der Waals surface area contributed by atoms with Gasteiger partial charge in [0.25, 0.3) is 0 Å². The summed E-state index contributed by atoms with van der Waals surface area (Å²) >= 11 is 0. The van der Waals surface area contributed by atoms with Gasteiger partial charge in [-0.1, -0.05) is 0 Å². The average molecular weight is 220 g/mol. The number of nitriles is 1. The number of hydrogen-bond acceptors (Lipinski definition) is 6. The van der Waals surface area contributed by atoms with Crippen LogP contribution in [0.25, 0.3) is 0 Å². The molecule has 0 fully saturated rings. The summed E-state index contributed by atoms with van der Waals surface area (Å²) in [6.45, 7) is 3.68. The number of carbonyl (C=O) groups excluding carboxylic acids is 1. The van der Waals surface area contributed by atoms with Crippen LogP contribution in [0.2, 0.25) is 0 Å². The van der Waals surface area contributed by atoms with E-state index < -0.39 is 12.0 Å². The Morgan fingerprint density at radius 2 is 2.31 bits per heavy atom. The van der Waals surface area contributed by atoms with Gasteiger partial charge < -0.3 is 10.1 Å². The zero-order chi connectivity index (χ0) is 12.0. The Bertz CT molecular complexity index is 414. The second-order valence-corrected chi connectivity index (χ2v) is 2.98. The number of ether oxygens (including phenoxy) is 1. The molecule has 6 nitrogen and oxygen atoms in total. The second-order valence-electron chi connectivity index (χ2n) is 2.98. The van der Waals surface area contributed by atoms with Crippen molar-refractivity contribution in [3.05, 3.63) is 18.1 Å². The van der Waals surface area contributed by atoms with E-state index in [1.807, 2.05) is 6.07 Å². The summed E-state index contributed by atoms with van der Waals surface area (Å²) in [5, 5.41) is 11.5. The van der Waals surface area contributed by atoms with Crippen LogP contribution in [0.15, 0.2) is 12.4 Å². The Hall–Kier alpha value is -2.16. The van der Waals surface area contributed by atoms with E-state index in [4.69, 9.17) is 10.00 Å². The molecule has 0 aliphatic heterocycles. The zero-order valence-corrected chi connectivity index (χ0v) is 9.10. The lowest BCUT2D eigenvalue weighted by Gasteiger charge is -2.13. The monoisotopic (exact) mass is 220 g/mol. The van der Waals surface area contributed by atoms with Gasteiger partial charge in [-0.25, -0.2) is 14.8 Å². The van der Waals surface area contributed by atoms with Crippen molar-refractivity contribution >= 4 is 11.8 Å². The molecule has 0 amide bonds. The highest BCUT2D eigenvalue weighted by molar-refractivity contribution is 5.78.